The van der Waals surface area contributed by atoms with Crippen molar-refractivity contribution in [3.05, 3.63) is 28.8 Å². The summed E-state index contributed by atoms with van der Waals surface area (Å²) in [6.07, 6.45) is 9.68. The molecule has 0 atom stereocenters. The third kappa shape index (κ3) is 9.24. The molecule has 0 saturated carbocycles. The molecule has 0 bridgehead atoms. The standard InChI is InChI=1S/C27H42O3/c1-8-9-10-11-12-13-14-15-18-30-24(28)17-16-21-19-22(26(2,3)4)25(29)23(20-21)27(5,6)7/h19-20,29H,8-15,18H2,1-7H3. The third-order valence-electron chi connectivity index (χ3n) is 5.27. The van der Waals surface area contributed by atoms with E-state index in [9.17, 15) is 9.90 Å². The molecule has 0 aliphatic heterocycles. The van der Waals surface area contributed by atoms with Gasteiger partial charge in [-0.15, -0.1) is 0 Å². The summed E-state index contributed by atoms with van der Waals surface area (Å²) in [6.45, 7) is 15.0. The Morgan fingerprint density at radius 1 is 0.867 bits per heavy atom. The van der Waals surface area contributed by atoms with Crippen molar-refractivity contribution in [2.75, 3.05) is 6.61 Å². The molecule has 1 N–H and O–H groups in total. The molecule has 3 nitrogen and oxygen atoms in total. The predicted octanol–water partition coefficient (Wildman–Crippen LogP) is 7.02. The normalized spacial score (nSPS) is 11.7. The van der Waals surface area contributed by atoms with Crippen LogP contribution in [0.25, 0.3) is 0 Å². The van der Waals surface area contributed by atoms with Crippen LogP contribution in [0.4, 0.5) is 0 Å². The van der Waals surface area contributed by atoms with Crippen LogP contribution in [0.15, 0.2) is 12.1 Å². The monoisotopic (exact) mass is 414 g/mol. The lowest BCUT2D eigenvalue weighted by Crippen LogP contribution is -2.17. The summed E-state index contributed by atoms with van der Waals surface area (Å²) in [7, 11) is 0. The smallest absolute Gasteiger partial charge is 0.384 e. The summed E-state index contributed by atoms with van der Waals surface area (Å²) >= 11 is 0. The molecule has 0 fully saturated rings. The Hall–Kier alpha value is -1.95. The molecule has 1 aromatic rings. The summed E-state index contributed by atoms with van der Waals surface area (Å²) in [4.78, 5) is 12.0. The van der Waals surface area contributed by atoms with Gasteiger partial charge in [0, 0.05) is 22.6 Å². The lowest BCUT2D eigenvalue weighted by atomic mass is 9.78. The number of carbonyl (C=O) groups excluding carboxylic acids is 1. The lowest BCUT2D eigenvalue weighted by molar-refractivity contribution is -0.136. The van der Waals surface area contributed by atoms with Crippen molar-refractivity contribution in [3.63, 3.8) is 0 Å². The number of phenols is 1. The Morgan fingerprint density at radius 2 is 1.33 bits per heavy atom. The maximum absolute atomic E-state index is 12.0. The second-order valence-corrected chi connectivity index (χ2v) is 10.3. The van der Waals surface area contributed by atoms with Gasteiger partial charge in [0.15, 0.2) is 0 Å². The molecule has 0 aliphatic rings. The highest BCUT2D eigenvalue weighted by Crippen LogP contribution is 2.39. The fourth-order valence-corrected chi connectivity index (χ4v) is 3.41. The van der Waals surface area contributed by atoms with Gasteiger partial charge in [0.25, 0.3) is 0 Å². The van der Waals surface area contributed by atoms with Crippen LogP contribution in [0.5, 0.6) is 5.75 Å². The second-order valence-electron chi connectivity index (χ2n) is 10.3. The maximum atomic E-state index is 12.0. The van der Waals surface area contributed by atoms with E-state index in [2.05, 4.69) is 60.3 Å². The molecule has 1 rings (SSSR count). The third-order valence-corrected chi connectivity index (χ3v) is 5.27. The quantitative estimate of drug-likeness (QED) is 0.268. The zero-order chi connectivity index (χ0) is 22.8. The number of hydrogen-bond acceptors (Lipinski definition) is 3. The van der Waals surface area contributed by atoms with Crippen molar-refractivity contribution in [2.45, 2.75) is 111 Å². The van der Waals surface area contributed by atoms with Gasteiger partial charge in [0.2, 0.25) is 0 Å². The Kier molecular flexibility index (Phi) is 10.5. The summed E-state index contributed by atoms with van der Waals surface area (Å²) in [6, 6.07) is 3.76. The van der Waals surface area contributed by atoms with Crippen LogP contribution >= 0.6 is 0 Å². The zero-order valence-electron chi connectivity index (χ0n) is 20.3. The number of hydrogen-bond donors (Lipinski definition) is 1. The van der Waals surface area contributed by atoms with E-state index in [0.717, 1.165) is 29.5 Å². The first kappa shape index (κ1) is 26.1. The molecule has 0 spiro atoms. The van der Waals surface area contributed by atoms with Crippen molar-refractivity contribution < 1.29 is 14.6 Å². The van der Waals surface area contributed by atoms with E-state index in [-0.39, 0.29) is 10.8 Å². The summed E-state index contributed by atoms with van der Waals surface area (Å²) in [5.74, 6) is 5.38. The minimum Gasteiger partial charge on any atom is -0.507 e. The number of carbonyl (C=O) groups is 1. The highest BCUT2D eigenvalue weighted by atomic mass is 16.5. The van der Waals surface area contributed by atoms with Crippen molar-refractivity contribution >= 4 is 5.97 Å². The van der Waals surface area contributed by atoms with Crippen molar-refractivity contribution in [1.29, 1.82) is 0 Å². The number of aromatic hydroxyl groups is 1. The van der Waals surface area contributed by atoms with Crippen LogP contribution in [0.2, 0.25) is 0 Å². The predicted molar refractivity (Wildman–Crippen MR) is 126 cm³/mol. The molecular formula is C27H42O3. The fraction of sp³-hybridized carbons (Fsp3) is 0.667. The average molecular weight is 415 g/mol. The molecule has 168 valence electrons. The minimum absolute atomic E-state index is 0.223. The number of phenolic OH excluding ortho intramolecular Hbond substituents is 1. The maximum Gasteiger partial charge on any atom is 0.384 e. The molecule has 0 unspecified atom stereocenters. The highest BCUT2D eigenvalue weighted by molar-refractivity contribution is 5.89. The Morgan fingerprint density at radius 3 is 1.80 bits per heavy atom. The number of esters is 1. The number of benzene rings is 1. The second kappa shape index (κ2) is 12.0. The topological polar surface area (TPSA) is 46.5 Å². The molecule has 30 heavy (non-hydrogen) atoms. The molecule has 0 aromatic heterocycles. The van der Waals surface area contributed by atoms with Gasteiger partial charge in [-0.25, -0.2) is 4.79 Å². The summed E-state index contributed by atoms with van der Waals surface area (Å²) < 4.78 is 5.27. The average Bonchev–Trinajstić information content (AvgIpc) is 2.64. The van der Waals surface area contributed by atoms with Crippen LogP contribution in [0.3, 0.4) is 0 Å². The Balaban J connectivity index is 2.66. The van der Waals surface area contributed by atoms with Crippen molar-refractivity contribution in [2.24, 2.45) is 0 Å². The van der Waals surface area contributed by atoms with Crippen molar-refractivity contribution in [3.8, 4) is 17.6 Å². The number of ether oxygens (including phenoxy) is 1. The summed E-state index contributed by atoms with van der Waals surface area (Å²) in [5, 5.41) is 10.8. The number of unbranched alkanes of at least 4 members (excludes halogenated alkanes) is 7. The Labute approximate surface area is 184 Å². The molecule has 0 amide bonds. The van der Waals surface area contributed by atoms with E-state index >= 15 is 0 Å². The largest absolute Gasteiger partial charge is 0.507 e. The van der Waals surface area contributed by atoms with Gasteiger partial charge < -0.3 is 9.84 Å². The van der Waals surface area contributed by atoms with Gasteiger partial charge in [-0.1, -0.05) is 99.3 Å². The van der Waals surface area contributed by atoms with Gasteiger partial charge in [-0.3, -0.25) is 0 Å². The number of rotatable bonds is 9. The van der Waals surface area contributed by atoms with Crippen LogP contribution in [0, 0.1) is 11.8 Å². The van der Waals surface area contributed by atoms with Crippen LogP contribution in [0.1, 0.15) is 117 Å². The minimum atomic E-state index is -0.486. The van der Waals surface area contributed by atoms with Gasteiger partial charge >= 0.3 is 5.97 Å². The van der Waals surface area contributed by atoms with Gasteiger partial charge in [0.1, 0.15) is 5.75 Å². The molecular weight excluding hydrogens is 372 g/mol. The van der Waals surface area contributed by atoms with E-state index in [1.807, 2.05) is 12.1 Å². The van der Waals surface area contributed by atoms with Crippen molar-refractivity contribution in [1.82, 2.24) is 0 Å². The van der Waals surface area contributed by atoms with Gasteiger partial charge in [-0.05, 0) is 29.4 Å². The van der Waals surface area contributed by atoms with Crippen LogP contribution in [-0.4, -0.2) is 17.7 Å². The SMILES string of the molecule is CCCCCCCCCCOC(=O)C#Cc1cc(C(C)(C)C)c(O)c(C(C)(C)C)c1. The van der Waals surface area contributed by atoms with E-state index < -0.39 is 5.97 Å². The van der Waals surface area contributed by atoms with Crippen LogP contribution in [-0.2, 0) is 20.4 Å². The van der Waals surface area contributed by atoms with Crippen LogP contribution < -0.4 is 0 Å². The van der Waals surface area contributed by atoms with Gasteiger partial charge in [0.05, 0.1) is 6.61 Å². The fourth-order valence-electron chi connectivity index (χ4n) is 3.41. The molecule has 0 aliphatic carbocycles. The Bertz CT molecular complexity index is 701. The molecule has 3 heteroatoms. The van der Waals surface area contributed by atoms with E-state index in [4.69, 9.17) is 4.74 Å². The first-order valence-electron chi connectivity index (χ1n) is 11.5. The van der Waals surface area contributed by atoms with E-state index in [1.165, 1.54) is 38.5 Å². The highest BCUT2D eigenvalue weighted by Gasteiger charge is 2.26. The molecule has 0 heterocycles. The summed E-state index contributed by atoms with van der Waals surface area (Å²) in [5.41, 5.74) is 1.96. The van der Waals surface area contributed by atoms with E-state index in [1.54, 1.807) is 0 Å². The zero-order valence-corrected chi connectivity index (χ0v) is 20.3. The molecule has 0 radical (unpaired) electrons. The van der Waals surface area contributed by atoms with E-state index in [0.29, 0.717) is 12.4 Å². The molecule has 0 saturated heterocycles. The van der Waals surface area contributed by atoms with Gasteiger partial charge in [-0.2, -0.15) is 0 Å². The lowest BCUT2D eigenvalue weighted by Gasteiger charge is -2.27. The molecule has 1 aromatic carbocycles. The first-order valence-corrected chi connectivity index (χ1v) is 11.5. The first-order chi connectivity index (χ1) is 14.0.